The summed E-state index contributed by atoms with van der Waals surface area (Å²) in [7, 11) is 0. The number of para-hydroxylation sites is 1. The van der Waals surface area contributed by atoms with Crippen LogP contribution in [0.1, 0.15) is 48.7 Å². The highest BCUT2D eigenvalue weighted by Crippen LogP contribution is 2.37. The van der Waals surface area contributed by atoms with E-state index in [0.717, 1.165) is 67.8 Å². The Bertz CT molecular complexity index is 1030. The van der Waals surface area contributed by atoms with E-state index in [1.165, 1.54) is 10.8 Å². The van der Waals surface area contributed by atoms with Crippen LogP contribution in [-0.2, 0) is 11.3 Å². The predicted octanol–water partition coefficient (Wildman–Crippen LogP) is 5.40. The lowest BCUT2D eigenvalue weighted by atomic mass is 9.93. The molecule has 2 aliphatic rings. The number of fused-ring (bicyclic) bond motifs is 1. The number of thiazole rings is 1. The Kier molecular flexibility index (Phi) is 6.01. The first-order chi connectivity index (χ1) is 15.2. The molecule has 1 amide bonds. The van der Waals surface area contributed by atoms with Gasteiger partial charge in [0, 0.05) is 19.6 Å². The summed E-state index contributed by atoms with van der Waals surface area (Å²) in [6, 6.07) is 15.1. The number of carbonyl (C=O) groups excluding carboxylic acids is 1. The molecule has 1 aromatic heterocycles. The van der Waals surface area contributed by atoms with E-state index in [1.54, 1.807) is 23.5 Å². The maximum absolute atomic E-state index is 13.6. The summed E-state index contributed by atoms with van der Waals surface area (Å²) in [4.78, 5) is 22.9. The Balaban J connectivity index is 1.31. The van der Waals surface area contributed by atoms with Gasteiger partial charge in [-0.05, 0) is 68.5 Å². The van der Waals surface area contributed by atoms with Gasteiger partial charge < -0.3 is 4.90 Å². The topological polar surface area (TPSA) is 36.4 Å². The molecule has 3 aromatic rings. The Morgan fingerprint density at radius 3 is 2.84 bits per heavy atom. The van der Waals surface area contributed by atoms with Gasteiger partial charge in [-0.1, -0.05) is 24.3 Å². The summed E-state index contributed by atoms with van der Waals surface area (Å²) >= 11 is 1.72. The summed E-state index contributed by atoms with van der Waals surface area (Å²) in [6.07, 6.45) is 5.13. The number of hydrogen-bond donors (Lipinski definition) is 0. The van der Waals surface area contributed by atoms with Crippen LogP contribution in [-0.4, -0.2) is 40.3 Å². The van der Waals surface area contributed by atoms with Gasteiger partial charge in [0.05, 0.1) is 22.2 Å². The summed E-state index contributed by atoms with van der Waals surface area (Å²) in [5.41, 5.74) is 2.00. The normalized spacial score (nSPS) is 22.7. The molecule has 6 heteroatoms. The second kappa shape index (κ2) is 9.05. The van der Waals surface area contributed by atoms with E-state index in [9.17, 15) is 9.18 Å². The fourth-order valence-corrected chi connectivity index (χ4v) is 6.13. The third kappa shape index (κ3) is 4.51. The second-order valence-corrected chi connectivity index (χ2v) is 9.83. The molecule has 2 atom stereocenters. The summed E-state index contributed by atoms with van der Waals surface area (Å²) in [6.45, 7) is 3.22. The molecule has 0 radical (unpaired) electrons. The Morgan fingerprint density at radius 1 is 1.06 bits per heavy atom. The van der Waals surface area contributed by atoms with Gasteiger partial charge in [0.1, 0.15) is 10.8 Å². The molecular formula is C25H28FN3OS. The van der Waals surface area contributed by atoms with Crippen molar-refractivity contribution in [1.29, 1.82) is 0 Å². The summed E-state index contributed by atoms with van der Waals surface area (Å²) in [5, 5.41) is 1.07. The van der Waals surface area contributed by atoms with Crippen LogP contribution >= 0.6 is 11.3 Å². The highest BCUT2D eigenvalue weighted by atomic mass is 32.1. The standard InChI is InChI=1S/C25H28FN3OS/c26-20-9-5-7-18(15-20)16-28-13-6-8-19(17-28)25(30)29-14-4-3-11-22(29)24-27-21-10-1-2-12-23(21)31-24/h1-2,5,7,9-10,12,15,19,22H,3-4,6,8,11,13-14,16-17H2. The van der Waals surface area contributed by atoms with Crippen molar-refractivity contribution in [1.82, 2.24) is 14.8 Å². The number of aromatic nitrogens is 1. The highest BCUT2D eigenvalue weighted by molar-refractivity contribution is 7.18. The van der Waals surface area contributed by atoms with E-state index < -0.39 is 0 Å². The third-order valence-corrected chi connectivity index (χ3v) is 7.67. The quantitative estimate of drug-likeness (QED) is 0.548. The number of amides is 1. The number of likely N-dealkylation sites (tertiary alicyclic amines) is 2. The number of hydrogen-bond acceptors (Lipinski definition) is 4. The molecule has 3 heterocycles. The molecule has 0 N–H and O–H groups in total. The largest absolute Gasteiger partial charge is 0.333 e. The Hall–Kier alpha value is -2.31. The van der Waals surface area contributed by atoms with Gasteiger partial charge >= 0.3 is 0 Å². The second-order valence-electron chi connectivity index (χ2n) is 8.77. The van der Waals surface area contributed by atoms with Crippen LogP contribution in [0.2, 0.25) is 0 Å². The van der Waals surface area contributed by atoms with E-state index >= 15 is 0 Å². The fraction of sp³-hybridized carbons (Fsp3) is 0.440. The molecule has 4 nitrogen and oxygen atoms in total. The van der Waals surface area contributed by atoms with E-state index in [4.69, 9.17) is 4.98 Å². The molecule has 2 saturated heterocycles. The first-order valence-electron chi connectivity index (χ1n) is 11.3. The fourth-order valence-electron chi connectivity index (χ4n) is 5.01. The van der Waals surface area contributed by atoms with Crippen molar-refractivity contribution >= 4 is 27.5 Å². The van der Waals surface area contributed by atoms with Crippen LogP contribution in [0, 0.1) is 11.7 Å². The van der Waals surface area contributed by atoms with Gasteiger partial charge in [-0.25, -0.2) is 9.37 Å². The monoisotopic (exact) mass is 437 g/mol. The third-order valence-electron chi connectivity index (χ3n) is 6.53. The zero-order valence-corrected chi connectivity index (χ0v) is 18.5. The zero-order chi connectivity index (χ0) is 21.2. The molecule has 5 rings (SSSR count). The van der Waals surface area contributed by atoms with Crippen molar-refractivity contribution in [3.8, 4) is 0 Å². The van der Waals surface area contributed by atoms with E-state index in [0.29, 0.717) is 6.54 Å². The van der Waals surface area contributed by atoms with Gasteiger partial charge in [0.15, 0.2) is 0 Å². The van der Waals surface area contributed by atoms with E-state index in [-0.39, 0.29) is 23.7 Å². The van der Waals surface area contributed by atoms with Crippen molar-refractivity contribution in [2.45, 2.75) is 44.7 Å². The van der Waals surface area contributed by atoms with E-state index in [2.05, 4.69) is 21.9 Å². The van der Waals surface area contributed by atoms with Crippen molar-refractivity contribution in [3.63, 3.8) is 0 Å². The molecule has 0 aliphatic carbocycles. The number of piperidine rings is 2. The lowest BCUT2D eigenvalue weighted by molar-refractivity contribution is -0.141. The SMILES string of the molecule is O=C(C1CCCN(Cc2cccc(F)c2)C1)N1CCCCC1c1nc2ccccc2s1. The lowest BCUT2D eigenvalue weighted by Crippen LogP contribution is -2.47. The van der Waals surface area contributed by atoms with Crippen LogP contribution in [0.4, 0.5) is 4.39 Å². The van der Waals surface area contributed by atoms with E-state index in [1.807, 2.05) is 18.2 Å². The summed E-state index contributed by atoms with van der Waals surface area (Å²) < 4.78 is 14.8. The number of benzene rings is 2. The molecule has 31 heavy (non-hydrogen) atoms. The average Bonchev–Trinajstić information content (AvgIpc) is 3.23. The molecule has 2 aliphatic heterocycles. The molecule has 2 aromatic carbocycles. The zero-order valence-electron chi connectivity index (χ0n) is 17.7. The van der Waals surface area contributed by atoms with Gasteiger partial charge in [-0.2, -0.15) is 0 Å². The average molecular weight is 438 g/mol. The van der Waals surface area contributed by atoms with Crippen LogP contribution in [0.15, 0.2) is 48.5 Å². The van der Waals surface area contributed by atoms with Gasteiger partial charge in [-0.3, -0.25) is 9.69 Å². The molecule has 2 fully saturated rings. The van der Waals surface area contributed by atoms with Crippen LogP contribution in [0.5, 0.6) is 0 Å². The number of halogens is 1. The van der Waals surface area contributed by atoms with Crippen molar-refractivity contribution in [3.05, 3.63) is 64.9 Å². The van der Waals surface area contributed by atoms with Gasteiger partial charge in [0.2, 0.25) is 5.91 Å². The number of nitrogens with zero attached hydrogens (tertiary/aromatic N) is 3. The predicted molar refractivity (Wildman–Crippen MR) is 122 cm³/mol. The molecule has 0 spiro atoms. The lowest BCUT2D eigenvalue weighted by Gasteiger charge is -2.39. The molecule has 0 bridgehead atoms. The van der Waals surface area contributed by atoms with Gasteiger partial charge in [0.25, 0.3) is 0 Å². The number of rotatable bonds is 4. The minimum atomic E-state index is -0.200. The van der Waals surface area contributed by atoms with Crippen LogP contribution in [0.25, 0.3) is 10.2 Å². The van der Waals surface area contributed by atoms with Crippen LogP contribution in [0.3, 0.4) is 0 Å². The van der Waals surface area contributed by atoms with Crippen LogP contribution < -0.4 is 0 Å². The van der Waals surface area contributed by atoms with Crippen molar-refractivity contribution in [2.75, 3.05) is 19.6 Å². The van der Waals surface area contributed by atoms with Crippen molar-refractivity contribution in [2.24, 2.45) is 5.92 Å². The molecular weight excluding hydrogens is 409 g/mol. The first-order valence-corrected chi connectivity index (χ1v) is 12.1. The highest BCUT2D eigenvalue weighted by Gasteiger charge is 2.35. The Morgan fingerprint density at radius 2 is 1.97 bits per heavy atom. The number of carbonyl (C=O) groups is 1. The first kappa shape index (κ1) is 20.6. The Labute approximate surface area is 186 Å². The minimum absolute atomic E-state index is 0.0114. The smallest absolute Gasteiger partial charge is 0.227 e. The molecule has 0 saturated carbocycles. The summed E-state index contributed by atoms with van der Waals surface area (Å²) in [5.74, 6) is 0.0827. The van der Waals surface area contributed by atoms with Gasteiger partial charge in [-0.15, -0.1) is 11.3 Å². The minimum Gasteiger partial charge on any atom is -0.333 e. The molecule has 2 unspecified atom stereocenters. The molecule has 162 valence electrons. The van der Waals surface area contributed by atoms with Crippen molar-refractivity contribution < 1.29 is 9.18 Å². The maximum Gasteiger partial charge on any atom is 0.227 e. The maximum atomic E-state index is 13.6.